The van der Waals surface area contributed by atoms with Crippen LogP contribution in [-0.2, 0) is 20.4 Å². The molecule has 3 N–H and O–H groups in total. The number of ether oxygens (including phenoxy) is 4. The van der Waals surface area contributed by atoms with Crippen molar-refractivity contribution in [2.75, 3.05) is 24.6 Å². The predicted molar refractivity (Wildman–Crippen MR) is 169 cm³/mol. The quantitative estimate of drug-likeness (QED) is 0.274. The smallest absolute Gasteiger partial charge is 0.235 e. The first-order valence-electron chi connectivity index (χ1n) is 14.6. The molecule has 12 nitrogen and oxygen atoms in total. The van der Waals surface area contributed by atoms with E-state index in [0.717, 1.165) is 42.6 Å². The summed E-state index contributed by atoms with van der Waals surface area (Å²) in [5.41, 5.74) is 8.08. The van der Waals surface area contributed by atoms with Crippen LogP contribution in [0.2, 0.25) is 0 Å². The van der Waals surface area contributed by atoms with Crippen molar-refractivity contribution in [3.05, 3.63) is 95.6 Å². The molecule has 0 radical (unpaired) electrons. The second-order valence-corrected chi connectivity index (χ2v) is 11.5. The summed E-state index contributed by atoms with van der Waals surface area (Å²) >= 11 is 5.61. The Morgan fingerprint density at radius 1 is 0.723 bits per heavy atom. The first-order chi connectivity index (χ1) is 22.8. The van der Waals surface area contributed by atoms with Crippen molar-refractivity contribution in [2.24, 2.45) is 0 Å². The highest BCUT2D eigenvalue weighted by atomic mass is 35.5. The number of pyridine rings is 2. The molecule has 0 bridgehead atoms. The number of rotatable bonds is 5. The predicted octanol–water partition coefficient (Wildman–Crippen LogP) is 5.10. The minimum atomic E-state index is -0.519. The SMILES string of the molecule is N#Cc1ccc(N)cn1.N#Cc1ccc(NC(=O)C2(c3ccc4c(c3)OCO4)CC2)cn1.O=C(Cl)C1(c2ccc3c(c2)OCO3)CC1. The summed E-state index contributed by atoms with van der Waals surface area (Å²) in [5.74, 6) is 2.76. The van der Waals surface area contributed by atoms with E-state index in [4.69, 9.17) is 46.8 Å². The van der Waals surface area contributed by atoms with Gasteiger partial charge in [-0.15, -0.1) is 0 Å². The molecule has 2 aliphatic carbocycles. The van der Waals surface area contributed by atoms with E-state index in [1.165, 1.54) is 12.4 Å². The summed E-state index contributed by atoms with van der Waals surface area (Å²) < 4.78 is 21.2. The Morgan fingerprint density at radius 2 is 1.23 bits per heavy atom. The number of nitriles is 2. The van der Waals surface area contributed by atoms with Crippen LogP contribution in [0.4, 0.5) is 11.4 Å². The number of nitrogens with zero attached hydrogens (tertiary/aromatic N) is 4. The Bertz CT molecular complexity index is 1910. The fraction of sp³-hybridized carbons (Fsp3) is 0.235. The normalized spacial score (nSPS) is 16.1. The number of benzene rings is 2. The van der Waals surface area contributed by atoms with Gasteiger partial charge in [-0.05, 0) is 96.9 Å². The number of nitrogens with one attached hydrogen (secondary N) is 1. The Hall–Kier alpha value is -5.85. The monoisotopic (exact) mass is 650 g/mol. The maximum atomic E-state index is 12.7. The van der Waals surface area contributed by atoms with E-state index < -0.39 is 10.8 Å². The molecule has 2 aromatic heterocycles. The first-order valence-corrected chi connectivity index (χ1v) is 14.9. The number of anilines is 2. The molecule has 0 atom stereocenters. The zero-order valence-electron chi connectivity index (χ0n) is 24.9. The van der Waals surface area contributed by atoms with Crippen LogP contribution >= 0.6 is 11.6 Å². The molecule has 2 aliphatic heterocycles. The summed E-state index contributed by atoms with van der Waals surface area (Å²) in [6, 6.07) is 21.5. The number of nitrogen functional groups attached to an aromatic ring is 1. The Balaban J connectivity index is 0.000000138. The van der Waals surface area contributed by atoms with Crippen LogP contribution in [-0.4, -0.2) is 34.7 Å². The summed E-state index contributed by atoms with van der Waals surface area (Å²) in [4.78, 5) is 31.7. The lowest BCUT2D eigenvalue weighted by Crippen LogP contribution is -2.27. The van der Waals surface area contributed by atoms with E-state index in [1.807, 2.05) is 48.5 Å². The van der Waals surface area contributed by atoms with Crippen molar-refractivity contribution in [1.29, 1.82) is 10.5 Å². The van der Waals surface area contributed by atoms with Crippen LogP contribution in [0.1, 0.15) is 48.2 Å². The molecule has 1 amide bonds. The van der Waals surface area contributed by atoms with Gasteiger partial charge in [-0.25, -0.2) is 9.97 Å². The maximum absolute atomic E-state index is 12.7. The Morgan fingerprint density at radius 3 is 1.68 bits per heavy atom. The van der Waals surface area contributed by atoms with Gasteiger partial charge in [-0.3, -0.25) is 9.59 Å². The molecule has 236 valence electrons. The van der Waals surface area contributed by atoms with Gasteiger partial charge in [0, 0.05) is 0 Å². The first kappa shape index (κ1) is 31.1. The number of hydrogen-bond acceptors (Lipinski definition) is 11. The highest BCUT2D eigenvalue weighted by Gasteiger charge is 2.52. The largest absolute Gasteiger partial charge is 0.454 e. The van der Waals surface area contributed by atoms with Crippen LogP contribution in [0, 0.1) is 22.7 Å². The molecule has 4 aromatic rings. The van der Waals surface area contributed by atoms with E-state index in [-0.39, 0.29) is 24.7 Å². The fourth-order valence-corrected chi connectivity index (χ4v) is 5.44. The third kappa shape index (κ3) is 6.59. The number of hydrogen-bond donors (Lipinski definition) is 2. The van der Waals surface area contributed by atoms with E-state index >= 15 is 0 Å². The number of nitrogens with two attached hydrogens (primary N) is 1. The average Bonchev–Trinajstić information content (AvgIpc) is 3.99. The average molecular weight is 651 g/mol. The van der Waals surface area contributed by atoms with Gasteiger partial charge in [-0.2, -0.15) is 10.5 Å². The van der Waals surface area contributed by atoms with E-state index in [0.29, 0.717) is 40.0 Å². The van der Waals surface area contributed by atoms with Gasteiger partial charge >= 0.3 is 0 Å². The molecule has 0 unspecified atom stereocenters. The van der Waals surface area contributed by atoms with Crippen LogP contribution in [0.25, 0.3) is 0 Å². The van der Waals surface area contributed by atoms with E-state index in [9.17, 15) is 9.59 Å². The Kier molecular flexibility index (Phi) is 8.53. The minimum Gasteiger partial charge on any atom is -0.454 e. The highest BCUT2D eigenvalue weighted by Crippen LogP contribution is 2.52. The zero-order valence-corrected chi connectivity index (χ0v) is 25.6. The van der Waals surface area contributed by atoms with Crippen molar-refractivity contribution < 1.29 is 28.5 Å². The minimum absolute atomic E-state index is 0.0668. The number of halogens is 1. The van der Waals surface area contributed by atoms with Gasteiger partial charge in [0.15, 0.2) is 23.0 Å². The Labute approximate surface area is 274 Å². The molecule has 4 heterocycles. The lowest BCUT2D eigenvalue weighted by Gasteiger charge is -2.16. The molecule has 2 saturated carbocycles. The van der Waals surface area contributed by atoms with Crippen molar-refractivity contribution >= 4 is 34.1 Å². The third-order valence-corrected chi connectivity index (χ3v) is 8.56. The second kappa shape index (κ2) is 12.9. The molecule has 13 heteroatoms. The number of aromatic nitrogens is 2. The summed E-state index contributed by atoms with van der Waals surface area (Å²) in [6.07, 6.45) is 6.19. The number of carbonyl (C=O) groups is 2. The van der Waals surface area contributed by atoms with Gasteiger partial charge in [0.1, 0.15) is 23.5 Å². The van der Waals surface area contributed by atoms with E-state index in [1.54, 1.807) is 24.3 Å². The van der Waals surface area contributed by atoms with Crippen molar-refractivity contribution in [2.45, 2.75) is 36.5 Å². The van der Waals surface area contributed by atoms with Crippen molar-refractivity contribution in [3.63, 3.8) is 0 Å². The lowest BCUT2D eigenvalue weighted by molar-refractivity contribution is -0.118. The second-order valence-electron chi connectivity index (χ2n) is 11.2. The zero-order chi connectivity index (χ0) is 33.0. The molecule has 2 fully saturated rings. The highest BCUT2D eigenvalue weighted by molar-refractivity contribution is 6.66. The molecule has 8 rings (SSSR count). The fourth-order valence-electron chi connectivity index (χ4n) is 5.14. The van der Waals surface area contributed by atoms with Crippen LogP contribution in [0.3, 0.4) is 0 Å². The third-order valence-electron chi connectivity index (χ3n) is 8.20. The van der Waals surface area contributed by atoms with E-state index in [2.05, 4.69) is 15.3 Å². The summed E-state index contributed by atoms with van der Waals surface area (Å²) in [5, 5.41) is 19.6. The number of amides is 1. The van der Waals surface area contributed by atoms with Gasteiger partial charge in [-0.1, -0.05) is 12.1 Å². The van der Waals surface area contributed by atoms with Crippen LogP contribution < -0.4 is 30.0 Å². The number of carbonyl (C=O) groups excluding carboxylic acids is 2. The topological polar surface area (TPSA) is 182 Å². The number of fused-ring (bicyclic) bond motifs is 2. The summed E-state index contributed by atoms with van der Waals surface area (Å²) in [6.45, 7) is 0.468. The molecule has 47 heavy (non-hydrogen) atoms. The molecular formula is C34H27ClN6O6. The van der Waals surface area contributed by atoms with Crippen LogP contribution in [0.15, 0.2) is 73.1 Å². The molecule has 0 spiro atoms. The molecule has 0 saturated heterocycles. The van der Waals surface area contributed by atoms with Crippen molar-refractivity contribution in [1.82, 2.24) is 9.97 Å². The molecular weight excluding hydrogens is 624 g/mol. The summed E-state index contributed by atoms with van der Waals surface area (Å²) in [7, 11) is 0. The van der Waals surface area contributed by atoms with Gasteiger partial charge in [0.25, 0.3) is 0 Å². The maximum Gasteiger partial charge on any atom is 0.235 e. The molecule has 2 aromatic carbocycles. The molecule has 4 aliphatic rings. The van der Waals surface area contributed by atoms with Crippen molar-refractivity contribution in [3.8, 4) is 35.1 Å². The van der Waals surface area contributed by atoms with Gasteiger partial charge < -0.3 is 30.0 Å². The van der Waals surface area contributed by atoms with Gasteiger partial charge in [0.05, 0.1) is 34.6 Å². The van der Waals surface area contributed by atoms with Gasteiger partial charge in [0.2, 0.25) is 24.7 Å². The lowest BCUT2D eigenvalue weighted by atomic mass is 9.94. The van der Waals surface area contributed by atoms with Crippen LogP contribution in [0.5, 0.6) is 23.0 Å². The standard InChI is InChI=1S/C17H13N3O3.C11H9ClO3.C6H5N3/c18-8-12-2-3-13(9-19-12)20-16(21)17(5-6-17)11-1-4-14-15(7-11)23-10-22-14;12-10(13)11(3-4-11)7-1-2-8-9(5-7)15-6-14-8;7-3-6-2-1-5(8)4-9-6/h1-4,7,9H,5-6,10H2,(H,20,21);1-2,5H,3-4,6H2;1-2,4H,8H2.